The molecule has 2 fully saturated rings. The van der Waals surface area contributed by atoms with E-state index in [0.717, 1.165) is 44.9 Å². The zero-order chi connectivity index (χ0) is 39.5. The first-order chi connectivity index (χ1) is 26.8. The Kier molecular flexibility index (Phi) is 28.5. The van der Waals surface area contributed by atoms with Gasteiger partial charge in [-0.05, 0) is 222 Å². The molecule has 0 aliphatic heterocycles. The molecule has 0 aromatic carbocycles. The Morgan fingerprint density at radius 1 is 0.278 bits per heavy atom. The Balaban J connectivity index is 0.00000678. The summed E-state index contributed by atoms with van der Waals surface area (Å²) in [5.74, 6) is 103. The lowest BCUT2D eigenvalue weighted by Crippen LogP contribution is -2.38. The van der Waals surface area contributed by atoms with Crippen molar-refractivity contribution in [1.82, 2.24) is 0 Å². The van der Waals surface area contributed by atoms with E-state index < -0.39 is 0 Å². The zero-order valence-electron chi connectivity index (χ0n) is 31.0. The molecule has 0 aromatic rings. The summed E-state index contributed by atoms with van der Waals surface area (Å²) in [5, 5.41) is 0. The molecule has 0 nitrogen and oxygen atoms in total. The van der Waals surface area contributed by atoms with Crippen LogP contribution in [0.25, 0.3) is 0 Å². The second-order valence-electron chi connectivity index (χ2n) is 9.24. The molecule has 0 heterocycles. The normalized spacial score (nSPS) is 13.4. The molecule has 0 bridgehead atoms. The molecule has 0 aromatic heterocycles. The maximum atomic E-state index is 4.97. The second-order valence-corrected chi connectivity index (χ2v) is 9.24. The van der Waals surface area contributed by atoms with Gasteiger partial charge in [0, 0.05) is 34.5 Å². The van der Waals surface area contributed by atoms with Gasteiger partial charge in [0.1, 0.15) is 0 Å². The SMILES string of the molecule is C#CC#CC#CC#CC#CC#CC#CC#CC#CC#CC12CCCC[C@@]1(C#CC#CC#CC#CC#CC#CC#CC#CC#CC#CC)CCC2.CC.CC. The molecule has 246 valence electrons. The van der Waals surface area contributed by atoms with Gasteiger partial charge < -0.3 is 0 Å². The van der Waals surface area contributed by atoms with Crippen LogP contribution >= 0.6 is 0 Å². The van der Waals surface area contributed by atoms with Gasteiger partial charge in [-0.15, -0.1) is 6.42 Å². The van der Waals surface area contributed by atoms with Gasteiger partial charge in [-0.2, -0.15) is 0 Å². The Morgan fingerprint density at radius 2 is 0.481 bits per heavy atom. The highest BCUT2D eigenvalue weighted by Crippen LogP contribution is 2.60. The van der Waals surface area contributed by atoms with Crippen LogP contribution in [0.15, 0.2) is 0 Å². The average molecular weight is 679 g/mol. The largest absolute Gasteiger partial charge is 0.106 e. The number of hydrogen-bond acceptors (Lipinski definition) is 0. The van der Waals surface area contributed by atoms with Crippen LogP contribution in [0.5, 0.6) is 0 Å². The summed E-state index contributed by atoms with van der Waals surface area (Å²) < 4.78 is 0. The van der Waals surface area contributed by atoms with Crippen molar-refractivity contribution in [3.8, 4) is 237 Å². The lowest BCUT2D eigenvalue weighted by molar-refractivity contribution is 0.132. The molecule has 0 saturated heterocycles. The van der Waals surface area contributed by atoms with Gasteiger partial charge in [-0.25, -0.2) is 0 Å². The van der Waals surface area contributed by atoms with E-state index in [9.17, 15) is 0 Å². The smallest absolute Gasteiger partial charge is 0.0490 e. The van der Waals surface area contributed by atoms with Gasteiger partial charge in [-0.1, -0.05) is 64.7 Å². The quantitative estimate of drug-likeness (QED) is 0.298. The van der Waals surface area contributed by atoms with Crippen LogP contribution in [-0.4, -0.2) is 0 Å². The van der Waals surface area contributed by atoms with Crippen molar-refractivity contribution in [2.75, 3.05) is 0 Å². The molecule has 2 atom stereocenters. The van der Waals surface area contributed by atoms with E-state index in [2.05, 4.69) is 231 Å². The minimum absolute atomic E-state index is 0.193. The van der Waals surface area contributed by atoms with Gasteiger partial charge in [0.05, 0.1) is 0 Å². The second kappa shape index (κ2) is 34.1. The third-order valence-corrected chi connectivity index (χ3v) is 6.44. The number of fused-ring (bicyclic) bond motifs is 1. The number of rotatable bonds is 0. The van der Waals surface area contributed by atoms with Crippen LogP contribution < -0.4 is 0 Å². The summed E-state index contributed by atoms with van der Waals surface area (Å²) in [7, 11) is 0. The standard InChI is InChI=1S/C50H18.2C2H6/c1-3-5-7-9-11-13-15-17-19-21-23-25-27-29-31-33-35-37-39-44-50-46-41-40-45-49(50,47-42-48-50)43-38-36-34-32-30-28-26-24-22-20-18-16-14-12-10-8-6-4-2;2*1-2/h2H,40-42,45-48H2,1H3;2*1-2H3/t49?,50-;;/m0../s1. The molecule has 0 spiro atoms. The van der Waals surface area contributed by atoms with Crippen molar-refractivity contribution in [2.45, 2.75) is 79.6 Å². The van der Waals surface area contributed by atoms with Gasteiger partial charge in [-0.3, -0.25) is 0 Å². The molecule has 2 aliphatic carbocycles. The molecule has 2 rings (SSSR count). The Labute approximate surface area is 326 Å². The summed E-state index contributed by atoms with van der Waals surface area (Å²) in [6.07, 6.45) is 12.3. The molecule has 2 aliphatic rings. The van der Waals surface area contributed by atoms with Crippen molar-refractivity contribution in [1.29, 1.82) is 0 Å². The molecule has 0 N–H and O–H groups in total. The van der Waals surface area contributed by atoms with Crippen LogP contribution in [0, 0.1) is 248 Å². The van der Waals surface area contributed by atoms with Gasteiger partial charge in [0.25, 0.3) is 0 Å². The van der Waals surface area contributed by atoms with E-state index in [0.29, 0.717) is 0 Å². The predicted octanol–water partition coefficient (Wildman–Crippen LogP) is 5.49. The molecule has 0 amide bonds. The zero-order valence-corrected chi connectivity index (χ0v) is 31.0. The van der Waals surface area contributed by atoms with Crippen LogP contribution in [-0.2, 0) is 0 Å². The molecule has 2 saturated carbocycles. The van der Waals surface area contributed by atoms with Gasteiger partial charge in [0.15, 0.2) is 0 Å². The molecule has 1 unspecified atom stereocenters. The highest BCUT2D eigenvalue weighted by Gasteiger charge is 2.54. The van der Waals surface area contributed by atoms with Gasteiger partial charge in [0.2, 0.25) is 0 Å². The van der Waals surface area contributed by atoms with Crippen molar-refractivity contribution in [2.24, 2.45) is 10.8 Å². The van der Waals surface area contributed by atoms with Crippen molar-refractivity contribution >= 4 is 0 Å². The Hall–Kier alpha value is -8.80. The fraction of sp³-hybridized carbons (Fsp3) is 0.259. The molecular weight excluding hydrogens is 649 g/mol. The van der Waals surface area contributed by atoms with E-state index in [-0.39, 0.29) is 10.8 Å². The van der Waals surface area contributed by atoms with E-state index in [1.54, 1.807) is 6.92 Å². The van der Waals surface area contributed by atoms with Gasteiger partial charge >= 0.3 is 0 Å². The summed E-state index contributed by atoms with van der Waals surface area (Å²) >= 11 is 0. The minimum Gasteiger partial charge on any atom is -0.106 e. The van der Waals surface area contributed by atoms with E-state index in [1.165, 1.54) is 0 Å². The molecule has 54 heavy (non-hydrogen) atoms. The molecule has 0 radical (unpaired) electrons. The Morgan fingerprint density at radius 3 is 0.722 bits per heavy atom. The first-order valence-electron chi connectivity index (χ1n) is 16.7. The maximum Gasteiger partial charge on any atom is 0.0490 e. The third-order valence-electron chi connectivity index (χ3n) is 6.44. The van der Waals surface area contributed by atoms with E-state index in [1.807, 2.05) is 27.7 Å². The molecular formula is C54H30. The number of terminal acetylenes is 1. The topological polar surface area (TPSA) is 0 Å². The van der Waals surface area contributed by atoms with Crippen molar-refractivity contribution in [3.63, 3.8) is 0 Å². The van der Waals surface area contributed by atoms with Crippen LogP contribution in [0.2, 0.25) is 0 Å². The number of hydrogen-bond donors (Lipinski definition) is 0. The van der Waals surface area contributed by atoms with E-state index in [4.69, 9.17) is 6.42 Å². The summed E-state index contributed by atoms with van der Waals surface area (Å²) in [4.78, 5) is 0. The third kappa shape index (κ3) is 21.2. The highest BCUT2D eigenvalue weighted by molar-refractivity contribution is 5.49. The lowest BCUT2D eigenvalue weighted by Gasteiger charge is -2.43. The first-order valence-corrected chi connectivity index (χ1v) is 16.7. The minimum atomic E-state index is -0.193. The fourth-order valence-corrected chi connectivity index (χ4v) is 4.61. The van der Waals surface area contributed by atoms with Crippen LogP contribution in [0.1, 0.15) is 79.6 Å². The highest BCUT2D eigenvalue weighted by atomic mass is 14.5. The lowest BCUT2D eigenvalue weighted by atomic mass is 9.58. The maximum absolute atomic E-state index is 4.97. The fourth-order valence-electron chi connectivity index (χ4n) is 4.61. The van der Waals surface area contributed by atoms with Crippen LogP contribution in [0.3, 0.4) is 0 Å². The summed E-state index contributed by atoms with van der Waals surface area (Å²) in [5.41, 5.74) is -0.385. The van der Waals surface area contributed by atoms with Crippen LogP contribution in [0.4, 0.5) is 0 Å². The summed E-state index contributed by atoms with van der Waals surface area (Å²) in [6.45, 7) is 9.70. The molecule has 0 heteroatoms. The predicted molar refractivity (Wildman–Crippen MR) is 222 cm³/mol. The van der Waals surface area contributed by atoms with E-state index >= 15 is 0 Å². The Bertz CT molecular complexity index is 2700. The van der Waals surface area contributed by atoms with Crippen molar-refractivity contribution < 1.29 is 0 Å². The van der Waals surface area contributed by atoms with Crippen molar-refractivity contribution in [3.05, 3.63) is 0 Å². The first kappa shape index (κ1) is 45.2. The monoisotopic (exact) mass is 678 g/mol. The average Bonchev–Trinajstić information content (AvgIpc) is 3.59. The summed E-state index contributed by atoms with van der Waals surface area (Å²) in [6, 6.07) is 0.